The minimum absolute atomic E-state index is 0.0679. The van der Waals surface area contributed by atoms with Crippen molar-refractivity contribution in [3.05, 3.63) is 33.5 Å². The van der Waals surface area contributed by atoms with Gasteiger partial charge in [0.15, 0.2) is 5.58 Å². The number of hydrogen-bond acceptors (Lipinski definition) is 2. The van der Waals surface area contributed by atoms with Crippen molar-refractivity contribution in [2.75, 3.05) is 0 Å². The van der Waals surface area contributed by atoms with Crippen molar-refractivity contribution in [3.8, 4) is 0 Å². The van der Waals surface area contributed by atoms with Crippen LogP contribution in [0.3, 0.4) is 0 Å². The molecular formula is C11H8Cl2O3. The molecule has 2 aromatic rings. The Kier molecular flexibility index (Phi) is 2.82. The molecule has 0 unspecified atom stereocenters. The Balaban J connectivity index is 2.87. The molecule has 5 heteroatoms. The van der Waals surface area contributed by atoms with Crippen LogP contribution in [0.1, 0.15) is 23.0 Å². The first-order chi connectivity index (χ1) is 7.56. The van der Waals surface area contributed by atoms with Crippen molar-refractivity contribution in [2.24, 2.45) is 0 Å². The molecule has 1 heterocycles. The highest BCUT2D eigenvalue weighted by molar-refractivity contribution is 6.45. The Labute approximate surface area is 102 Å². The lowest BCUT2D eigenvalue weighted by molar-refractivity contribution is 0.0663. The second-order valence-electron chi connectivity index (χ2n) is 3.31. The number of carbonyl (C=O) groups is 1. The molecular weight excluding hydrogens is 251 g/mol. The maximum Gasteiger partial charge on any atom is 0.372 e. The molecule has 1 aromatic carbocycles. The zero-order valence-electron chi connectivity index (χ0n) is 8.38. The van der Waals surface area contributed by atoms with Crippen LogP contribution in [0, 0.1) is 0 Å². The average Bonchev–Trinajstić information content (AvgIpc) is 2.62. The summed E-state index contributed by atoms with van der Waals surface area (Å²) in [6, 6.07) is 3.35. The van der Waals surface area contributed by atoms with Crippen molar-refractivity contribution in [1.29, 1.82) is 0 Å². The van der Waals surface area contributed by atoms with Crippen molar-refractivity contribution in [3.63, 3.8) is 0 Å². The number of carboxylic acid groups (broad SMARTS) is 1. The Morgan fingerprint density at radius 1 is 1.44 bits per heavy atom. The van der Waals surface area contributed by atoms with Crippen LogP contribution >= 0.6 is 23.2 Å². The van der Waals surface area contributed by atoms with E-state index in [-0.39, 0.29) is 10.8 Å². The van der Waals surface area contributed by atoms with Gasteiger partial charge in [-0.15, -0.1) is 0 Å². The van der Waals surface area contributed by atoms with E-state index in [4.69, 9.17) is 32.7 Å². The van der Waals surface area contributed by atoms with Gasteiger partial charge in [-0.1, -0.05) is 30.1 Å². The average molecular weight is 259 g/mol. The molecule has 0 spiro atoms. The molecule has 2 rings (SSSR count). The molecule has 16 heavy (non-hydrogen) atoms. The highest BCUT2D eigenvalue weighted by atomic mass is 35.5. The van der Waals surface area contributed by atoms with Gasteiger partial charge < -0.3 is 9.52 Å². The lowest BCUT2D eigenvalue weighted by atomic mass is 10.1. The highest BCUT2D eigenvalue weighted by Crippen LogP contribution is 2.35. The molecule has 1 aromatic heterocycles. The van der Waals surface area contributed by atoms with Gasteiger partial charge in [0.05, 0.1) is 5.02 Å². The smallest absolute Gasteiger partial charge is 0.372 e. The van der Waals surface area contributed by atoms with Crippen LogP contribution < -0.4 is 0 Å². The van der Waals surface area contributed by atoms with Gasteiger partial charge in [-0.25, -0.2) is 4.79 Å². The van der Waals surface area contributed by atoms with E-state index in [9.17, 15) is 4.79 Å². The number of rotatable bonds is 2. The van der Waals surface area contributed by atoms with Crippen molar-refractivity contribution >= 4 is 40.1 Å². The van der Waals surface area contributed by atoms with E-state index in [1.54, 1.807) is 12.1 Å². The van der Waals surface area contributed by atoms with Crippen LogP contribution in [0.15, 0.2) is 16.5 Å². The van der Waals surface area contributed by atoms with E-state index in [2.05, 4.69) is 0 Å². The quantitative estimate of drug-likeness (QED) is 0.886. The summed E-state index contributed by atoms with van der Waals surface area (Å²) in [5.41, 5.74) is 0.976. The summed E-state index contributed by atoms with van der Waals surface area (Å²) in [7, 11) is 0. The normalized spacial score (nSPS) is 10.9. The number of carboxylic acids is 1. The van der Waals surface area contributed by atoms with Crippen LogP contribution in [-0.2, 0) is 6.42 Å². The topological polar surface area (TPSA) is 50.4 Å². The summed E-state index contributed by atoms with van der Waals surface area (Å²) >= 11 is 11.8. The Morgan fingerprint density at radius 3 is 2.69 bits per heavy atom. The molecule has 3 nitrogen and oxygen atoms in total. The summed E-state index contributed by atoms with van der Waals surface area (Å²) in [5, 5.41) is 10.3. The van der Waals surface area contributed by atoms with Gasteiger partial charge in [-0.2, -0.15) is 0 Å². The predicted molar refractivity (Wildman–Crippen MR) is 62.6 cm³/mol. The third-order valence-electron chi connectivity index (χ3n) is 2.40. The second-order valence-corrected chi connectivity index (χ2v) is 4.09. The number of aryl methyl sites for hydroxylation is 1. The number of fused-ring (bicyclic) bond motifs is 1. The van der Waals surface area contributed by atoms with Crippen LogP contribution in [0.2, 0.25) is 10.0 Å². The summed E-state index contributed by atoms with van der Waals surface area (Å²) in [6.45, 7) is 1.86. The molecule has 0 fully saturated rings. The fourth-order valence-corrected chi connectivity index (χ4v) is 2.03. The molecule has 0 aliphatic heterocycles. The van der Waals surface area contributed by atoms with E-state index in [1.807, 2.05) is 6.92 Å². The fourth-order valence-electron chi connectivity index (χ4n) is 1.68. The van der Waals surface area contributed by atoms with Crippen LogP contribution in [0.4, 0.5) is 0 Å². The van der Waals surface area contributed by atoms with Gasteiger partial charge in [0.1, 0.15) is 5.02 Å². The van der Waals surface area contributed by atoms with E-state index >= 15 is 0 Å². The van der Waals surface area contributed by atoms with Gasteiger partial charge in [-0.3, -0.25) is 0 Å². The molecule has 0 amide bonds. The fraction of sp³-hybridized carbons (Fsp3) is 0.182. The minimum atomic E-state index is -1.10. The first-order valence-corrected chi connectivity index (χ1v) is 5.44. The first-order valence-electron chi connectivity index (χ1n) is 4.69. The van der Waals surface area contributed by atoms with E-state index in [0.29, 0.717) is 28.0 Å². The maximum atomic E-state index is 11.0. The largest absolute Gasteiger partial charge is 0.475 e. The number of aromatic carboxylic acids is 1. The van der Waals surface area contributed by atoms with Crippen molar-refractivity contribution < 1.29 is 14.3 Å². The van der Waals surface area contributed by atoms with E-state index < -0.39 is 5.97 Å². The van der Waals surface area contributed by atoms with Gasteiger partial charge in [-0.05, 0) is 18.6 Å². The lowest BCUT2D eigenvalue weighted by Crippen LogP contribution is -1.97. The van der Waals surface area contributed by atoms with Crippen LogP contribution in [0.25, 0.3) is 11.0 Å². The molecule has 0 bridgehead atoms. The molecule has 0 radical (unpaired) electrons. The Bertz CT molecular complexity index is 572. The summed E-state index contributed by atoms with van der Waals surface area (Å²) < 4.78 is 5.25. The third-order valence-corrected chi connectivity index (χ3v) is 3.19. The summed E-state index contributed by atoms with van der Waals surface area (Å²) in [4.78, 5) is 11.0. The highest BCUT2D eigenvalue weighted by Gasteiger charge is 2.20. The SMILES string of the molecule is CCc1c(C(=O)O)oc2c(Cl)c(Cl)ccc12. The molecule has 0 atom stereocenters. The maximum absolute atomic E-state index is 11.0. The predicted octanol–water partition coefficient (Wildman–Crippen LogP) is 4.00. The Morgan fingerprint density at radius 2 is 2.12 bits per heavy atom. The van der Waals surface area contributed by atoms with Crippen LogP contribution in [0.5, 0.6) is 0 Å². The second kappa shape index (κ2) is 4.00. The molecule has 0 aliphatic rings. The van der Waals surface area contributed by atoms with Gasteiger partial charge in [0, 0.05) is 10.9 Å². The number of benzene rings is 1. The number of halogens is 2. The van der Waals surface area contributed by atoms with Crippen molar-refractivity contribution in [1.82, 2.24) is 0 Å². The monoisotopic (exact) mass is 258 g/mol. The summed E-state index contributed by atoms with van der Waals surface area (Å²) in [5.74, 6) is -1.16. The molecule has 0 aliphatic carbocycles. The standard InChI is InChI=1S/C11H8Cl2O3/c1-2-5-6-3-4-7(12)8(13)9(6)16-10(5)11(14)15/h3-4H,2H2,1H3,(H,14,15). The van der Waals surface area contributed by atoms with E-state index in [1.165, 1.54) is 0 Å². The molecule has 1 N–H and O–H groups in total. The zero-order valence-corrected chi connectivity index (χ0v) is 9.89. The van der Waals surface area contributed by atoms with Gasteiger partial charge in [0.2, 0.25) is 5.76 Å². The third kappa shape index (κ3) is 1.56. The number of hydrogen-bond donors (Lipinski definition) is 1. The first kappa shape index (κ1) is 11.3. The lowest BCUT2D eigenvalue weighted by Gasteiger charge is -1.96. The van der Waals surface area contributed by atoms with E-state index in [0.717, 1.165) is 0 Å². The zero-order chi connectivity index (χ0) is 11.9. The van der Waals surface area contributed by atoms with Crippen LogP contribution in [-0.4, -0.2) is 11.1 Å². The van der Waals surface area contributed by atoms with Gasteiger partial charge in [0.25, 0.3) is 0 Å². The minimum Gasteiger partial charge on any atom is -0.475 e. The Hall–Kier alpha value is -1.19. The molecule has 0 saturated carbocycles. The van der Waals surface area contributed by atoms with Gasteiger partial charge >= 0.3 is 5.97 Å². The molecule has 0 saturated heterocycles. The van der Waals surface area contributed by atoms with Crippen molar-refractivity contribution in [2.45, 2.75) is 13.3 Å². The number of furan rings is 1. The summed E-state index contributed by atoms with van der Waals surface area (Å²) in [6.07, 6.45) is 0.562. The molecule has 84 valence electrons.